The van der Waals surface area contributed by atoms with Crippen LogP contribution in [0.3, 0.4) is 0 Å². The van der Waals surface area contributed by atoms with Crippen molar-refractivity contribution >= 4 is 29.1 Å². The van der Waals surface area contributed by atoms with E-state index in [0.717, 1.165) is 11.8 Å². The quantitative estimate of drug-likeness (QED) is 0.460. The van der Waals surface area contributed by atoms with E-state index in [4.69, 9.17) is 4.42 Å². The van der Waals surface area contributed by atoms with Gasteiger partial charge in [-0.1, -0.05) is 32.5 Å². The van der Waals surface area contributed by atoms with Gasteiger partial charge in [-0.3, -0.25) is 9.59 Å². The van der Waals surface area contributed by atoms with Crippen molar-refractivity contribution < 1.29 is 18.4 Å². The number of hydrogen-bond donors (Lipinski definition) is 1. The van der Waals surface area contributed by atoms with Gasteiger partial charge in [0, 0.05) is 22.2 Å². The first kappa shape index (κ1) is 20.7. The number of anilines is 1. The molecule has 0 bridgehead atoms. The summed E-state index contributed by atoms with van der Waals surface area (Å²) in [5, 5.41) is 10.9. The third kappa shape index (κ3) is 5.51. The van der Waals surface area contributed by atoms with Crippen molar-refractivity contribution in [1.82, 2.24) is 10.2 Å². The Bertz CT molecular complexity index is 1010. The number of benzene rings is 2. The fraction of sp³-hybridized carbons (Fsp3) is 0.238. The van der Waals surface area contributed by atoms with Gasteiger partial charge in [0.1, 0.15) is 5.82 Å². The summed E-state index contributed by atoms with van der Waals surface area (Å²) < 4.78 is 18.5. The maximum atomic E-state index is 13.0. The molecule has 0 saturated heterocycles. The first-order valence-corrected chi connectivity index (χ1v) is 9.88. The second-order valence-corrected chi connectivity index (χ2v) is 8.30. The third-order valence-corrected chi connectivity index (χ3v) is 4.79. The first-order valence-electron chi connectivity index (χ1n) is 8.89. The number of amides is 1. The molecule has 29 heavy (non-hydrogen) atoms. The lowest BCUT2D eigenvalue weighted by atomic mass is 9.95. The molecule has 0 aliphatic rings. The minimum absolute atomic E-state index is 0.0968. The van der Waals surface area contributed by atoms with Gasteiger partial charge >= 0.3 is 0 Å². The van der Waals surface area contributed by atoms with Crippen LogP contribution < -0.4 is 5.32 Å². The van der Waals surface area contributed by atoms with E-state index in [2.05, 4.69) is 15.5 Å². The molecular formula is C21H20FN3O3S. The summed E-state index contributed by atoms with van der Waals surface area (Å²) in [4.78, 5) is 24.4. The maximum absolute atomic E-state index is 13.0. The molecule has 2 aromatic carbocycles. The van der Waals surface area contributed by atoms with Crippen LogP contribution in [0.4, 0.5) is 10.1 Å². The minimum atomic E-state index is -0.498. The normalized spacial score (nSPS) is 11.3. The second kappa shape index (κ2) is 8.57. The Morgan fingerprint density at radius 3 is 2.31 bits per heavy atom. The molecule has 3 rings (SSSR count). The number of ketones is 1. The third-order valence-electron chi connectivity index (χ3n) is 3.97. The number of halogens is 1. The van der Waals surface area contributed by atoms with E-state index >= 15 is 0 Å². The summed E-state index contributed by atoms with van der Waals surface area (Å²) in [6, 6.07) is 12.4. The lowest BCUT2D eigenvalue weighted by Gasteiger charge is -2.17. The van der Waals surface area contributed by atoms with E-state index in [-0.39, 0.29) is 34.4 Å². The number of rotatable bonds is 6. The van der Waals surface area contributed by atoms with Gasteiger partial charge in [0.2, 0.25) is 11.8 Å². The van der Waals surface area contributed by atoms with Crippen molar-refractivity contribution in [1.29, 1.82) is 0 Å². The molecule has 1 amide bonds. The van der Waals surface area contributed by atoms with Crippen molar-refractivity contribution in [2.75, 3.05) is 11.1 Å². The van der Waals surface area contributed by atoms with Crippen LogP contribution >= 0.6 is 11.8 Å². The van der Waals surface area contributed by atoms with Crippen molar-refractivity contribution in [2.24, 2.45) is 5.41 Å². The van der Waals surface area contributed by atoms with Crippen LogP contribution in [0.15, 0.2) is 58.2 Å². The molecule has 1 heterocycles. The number of aromatic nitrogens is 2. The lowest BCUT2D eigenvalue weighted by Crippen LogP contribution is -2.27. The predicted octanol–water partition coefficient (Wildman–Crippen LogP) is 4.84. The lowest BCUT2D eigenvalue weighted by molar-refractivity contribution is -0.123. The molecule has 0 fully saturated rings. The van der Waals surface area contributed by atoms with Gasteiger partial charge < -0.3 is 9.73 Å². The molecule has 6 nitrogen and oxygen atoms in total. The standard InChI is InChI=1S/C21H20FN3O3S/c1-21(2,3)19(27)23-16-10-6-13(7-11-16)17(26)12-29-20-25-24-18(28-20)14-4-8-15(22)9-5-14/h4-11H,12H2,1-3H3,(H,23,27). The summed E-state index contributed by atoms with van der Waals surface area (Å²) in [7, 11) is 0. The summed E-state index contributed by atoms with van der Waals surface area (Å²) in [6.07, 6.45) is 0. The summed E-state index contributed by atoms with van der Waals surface area (Å²) in [5.41, 5.74) is 1.26. The number of thioether (sulfide) groups is 1. The Kier molecular flexibility index (Phi) is 6.12. The molecule has 1 N–H and O–H groups in total. The Labute approximate surface area is 171 Å². The van der Waals surface area contributed by atoms with Crippen molar-refractivity contribution in [3.05, 3.63) is 59.9 Å². The molecule has 0 atom stereocenters. The average Bonchev–Trinajstić information content (AvgIpc) is 3.15. The number of carbonyl (C=O) groups is 2. The van der Waals surface area contributed by atoms with Crippen LogP contribution in [-0.2, 0) is 4.79 Å². The highest BCUT2D eigenvalue weighted by Gasteiger charge is 2.21. The van der Waals surface area contributed by atoms with Crippen LogP contribution in [0, 0.1) is 11.2 Å². The highest BCUT2D eigenvalue weighted by molar-refractivity contribution is 7.99. The largest absolute Gasteiger partial charge is 0.411 e. The topological polar surface area (TPSA) is 85.1 Å². The highest BCUT2D eigenvalue weighted by Crippen LogP contribution is 2.24. The van der Waals surface area contributed by atoms with Gasteiger partial charge in [0.25, 0.3) is 5.22 Å². The van der Waals surface area contributed by atoms with Gasteiger partial charge in [-0.2, -0.15) is 0 Å². The SMILES string of the molecule is CC(C)(C)C(=O)Nc1ccc(C(=O)CSc2nnc(-c3ccc(F)cc3)o2)cc1. The molecule has 8 heteroatoms. The fourth-order valence-corrected chi connectivity index (χ4v) is 2.90. The zero-order valence-electron chi connectivity index (χ0n) is 16.2. The zero-order chi connectivity index (χ0) is 21.0. The number of nitrogens with one attached hydrogen (secondary N) is 1. The van der Waals surface area contributed by atoms with Crippen LogP contribution in [0.5, 0.6) is 0 Å². The number of Topliss-reactive ketones (excluding diaryl/α,β-unsaturated/α-hetero) is 1. The number of hydrogen-bond acceptors (Lipinski definition) is 6. The van der Waals surface area contributed by atoms with E-state index in [0.29, 0.717) is 16.8 Å². The molecule has 0 aliphatic carbocycles. The molecule has 150 valence electrons. The Balaban J connectivity index is 1.57. The van der Waals surface area contributed by atoms with E-state index in [9.17, 15) is 14.0 Å². The van der Waals surface area contributed by atoms with E-state index in [1.54, 1.807) is 36.4 Å². The van der Waals surface area contributed by atoms with Crippen LogP contribution in [0.2, 0.25) is 0 Å². The van der Waals surface area contributed by atoms with E-state index < -0.39 is 5.41 Å². The molecule has 0 spiro atoms. The Morgan fingerprint density at radius 2 is 1.69 bits per heavy atom. The molecule has 0 radical (unpaired) electrons. The summed E-state index contributed by atoms with van der Waals surface area (Å²) >= 11 is 1.13. The highest BCUT2D eigenvalue weighted by atomic mass is 32.2. The summed E-state index contributed by atoms with van der Waals surface area (Å²) in [6.45, 7) is 5.49. The van der Waals surface area contributed by atoms with Crippen LogP contribution in [-0.4, -0.2) is 27.6 Å². The summed E-state index contributed by atoms with van der Waals surface area (Å²) in [5.74, 6) is -0.166. The minimum Gasteiger partial charge on any atom is -0.411 e. The zero-order valence-corrected chi connectivity index (χ0v) is 17.0. The maximum Gasteiger partial charge on any atom is 0.277 e. The van der Waals surface area contributed by atoms with E-state index in [1.165, 1.54) is 12.1 Å². The molecule has 0 saturated carbocycles. The van der Waals surface area contributed by atoms with Gasteiger partial charge in [-0.05, 0) is 48.5 Å². The van der Waals surface area contributed by atoms with Crippen LogP contribution in [0.25, 0.3) is 11.5 Å². The van der Waals surface area contributed by atoms with E-state index in [1.807, 2.05) is 20.8 Å². The monoisotopic (exact) mass is 413 g/mol. The molecule has 0 aliphatic heterocycles. The predicted molar refractivity (Wildman–Crippen MR) is 109 cm³/mol. The smallest absolute Gasteiger partial charge is 0.277 e. The molecular weight excluding hydrogens is 393 g/mol. The fourth-order valence-electron chi connectivity index (χ4n) is 2.25. The molecule has 0 unspecified atom stereocenters. The van der Waals surface area contributed by atoms with Crippen LogP contribution in [0.1, 0.15) is 31.1 Å². The Hall–Kier alpha value is -3.00. The van der Waals surface area contributed by atoms with Gasteiger partial charge in [0.05, 0.1) is 5.75 Å². The van der Waals surface area contributed by atoms with Crippen molar-refractivity contribution in [2.45, 2.75) is 26.0 Å². The number of carbonyl (C=O) groups excluding carboxylic acids is 2. The van der Waals surface area contributed by atoms with Crippen molar-refractivity contribution in [3.8, 4) is 11.5 Å². The first-order chi connectivity index (χ1) is 13.7. The van der Waals surface area contributed by atoms with Crippen molar-refractivity contribution in [3.63, 3.8) is 0 Å². The molecule has 1 aromatic heterocycles. The second-order valence-electron chi connectivity index (χ2n) is 7.37. The van der Waals surface area contributed by atoms with Gasteiger partial charge in [-0.25, -0.2) is 4.39 Å². The van der Waals surface area contributed by atoms with Gasteiger partial charge in [-0.15, -0.1) is 10.2 Å². The van der Waals surface area contributed by atoms with Gasteiger partial charge in [0.15, 0.2) is 5.78 Å². The Morgan fingerprint density at radius 1 is 1.03 bits per heavy atom. The average molecular weight is 413 g/mol. The molecule has 3 aromatic rings. The number of nitrogens with zero attached hydrogens (tertiary/aromatic N) is 2.